The lowest BCUT2D eigenvalue weighted by molar-refractivity contribution is -0.123. The molecule has 4 rings (SSSR count). The van der Waals surface area contributed by atoms with E-state index >= 15 is 0 Å². The van der Waals surface area contributed by atoms with Gasteiger partial charge >= 0.3 is 0 Å². The fraction of sp³-hybridized carbons (Fsp3) is 0.417. The van der Waals surface area contributed by atoms with Crippen molar-refractivity contribution in [3.63, 3.8) is 0 Å². The summed E-state index contributed by atoms with van der Waals surface area (Å²) in [7, 11) is 0. The van der Waals surface area contributed by atoms with Gasteiger partial charge in [-0.05, 0) is 75.4 Å². The van der Waals surface area contributed by atoms with Gasteiger partial charge in [0, 0.05) is 17.5 Å². The first-order valence-electron chi connectivity index (χ1n) is 10.6. The second-order valence-electron chi connectivity index (χ2n) is 8.19. The number of aromatic nitrogens is 2. The molecule has 0 radical (unpaired) electrons. The van der Waals surface area contributed by atoms with Gasteiger partial charge in [-0.25, -0.2) is 4.98 Å². The molecule has 6 heteroatoms. The molecule has 1 aliphatic rings. The van der Waals surface area contributed by atoms with Crippen molar-refractivity contribution in [1.29, 1.82) is 0 Å². The topological polar surface area (TPSA) is 56.1 Å². The number of hydrogen-bond donors (Lipinski definition) is 1. The number of para-hydroxylation sites is 2. The number of nitrogens with one attached hydrogen (secondary N) is 1. The van der Waals surface area contributed by atoms with Gasteiger partial charge in [-0.15, -0.1) is 0 Å². The van der Waals surface area contributed by atoms with Crippen LogP contribution in [0, 0.1) is 19.8 Å². The number of rotatable bonds is 8. The van der Waals surface area contributed by atoms with Gasteiger partial charge in [-0.2, -0.15) is 0 Å². The van der Waals surface area contributed by atoms with E-state index in [0.717, 1.165) is 64.6 Å². The highest BCUT2D eigenvalue weighted by Crippen LogP contribution is 2.30. The Labute approximate surface area is 182 Å². The maximum atomic E-state index is 12.2. The fourth-order valence-corrected chi connectivity index (χ4v) is 3.91. The average molecular weight is 426 g/mol. The van der Waals surface area contributed by atoms with Crippen LogP contribution in [0.4, 0.5) is 0 Å². The standard InChI is InChI=1S/C24H28ClN3O2/c1-15-13-19(14-16(2)22(15)25)30-12-6-11-28-21-8-5-4-7-20(21)27-23(28)17(3)26-24(29)18-9-10-18/h4-5,7-8,13-14,17-18H,6,9-12H2,1-3H3,(H,26,29). The van der Waals surface area contributed by atoms with Crippen LogP contribution in [0.3, 0.4) is 0 Å². The molecule has 1 N–H and O–H groups in total. The van der Waals surface area contributed by atoms with E-state index in [1.807, 2.05) is 51.1 Å². The van der Waals surface area contributed by atoms with E-state index in [9.17, 15) is 4.79 Å². The van der Waals surface area contributed by atoms with Gasteiger partial charge in [0.2, 0.25) is 5.91 Å². The summed E-state index contributed by atoms with van der Waals surface area (Å²) in [4.78, 5) is 17.0. The maximum Gasteiger partial charge on any atom is 0.223 e. The van der Waals surface area contributed by atoms with Crippen LogP contribution >= 0.6 is 11.6 Å². The molecular formula is C24H28ClN3O2. The van der Waals surface area contributed by atoms with E-state index in [4.69, 9.17) is 21.3 Å². The van der Waals surface area contributed by atoms with Gasteiger partial charge in [0.05, 0.1) is 23.7 Å². The first-order chi connectivity index (χ1) is 14.4. The van der Waals surface area contributed by atoms with Gasteiger partial charge < -0.3 is 14.6 Å². The lowest BCUT2D eigenvalue weighted by Crippen LogP contribution is -2.30. The van der Waals surface area contributed by atoms with Crippen LogP contribution in [-0.4, -0.2) is 22.1 Å². The van der Waals surface area contributed by atoms with Crippen molar-refractivity contribution in [3.05, 3.63) is 58.4 Å². The zero-order chi connectivity index (χ0) is 21.3. The van der Waals surface area contributed by atoms with E-state index in [1.54, 1.807) is 0 Å². The zero-order valence-corrected chi connectivity index (χ0v) is 18.5. The smallest absolute Gasteiger partial charge is 0.223 e. The minimum Gasteiger partial charge on any atom is -0.494 e. The van der Waals surface area contributed by atoms with Crippen LogP contribution in [-0.2, 0) is 11.3 Å². The Morgan fingerprint density at radius 3 is 2.67 bits per heavy atom. The highest BCUT2D eigenvalue weighted by atomic mass is 35.5. The summed E-state index contributed by atoms with van der Waals surface area (Å²) in [6.45, 7) is 7.35. The molecule has 158 valence electrons. The Hall–Kier alpha value is -2.53. The average Bonchev–Trinajstić information content (AvgIpc) is 3.51. The van der Waals surface area contributed by atoms with Crippen molar-refractivity contribution in [2.45, 2.75) is 52.6 Å². The van der Waals surface area contributed by atoms with E-state index in [0.29, 0.717) is 6.61 Å². The number of fused-ring (bicyclic) bond motifs is 1. The van der Waals surface area contributed by atoms with Crippen LogP contribution in [0.2, 0.25) is 5.02 Å². The molecule has 1 unspecified atom stereocenters. The highest BCUT2D eigenvalue weighted by Gasteiger charge is 2.31. The normalized spacial score (nSPS) is 14.7. The predicted molar refractivity (Wildman–Crippen MR) is 120 cm³/mol. The summed E-state index contributed by atoms with van der Waals surface area (Å²) >= 11 is 6.24. The van der Waals surface area contributed by atoms with Crippen LogP contribution in [0.5, 0.6) is 5.75 Å². The molecule has 1 fully saturated rings. The second kappa shape index (κ2) is 8.68. The molecule has 0 spiro atoms. The van der Waals surface area contributed by atoms with Crippen LogP contribution in [0.1, 0.15) is 49.2 Å². The van der Waals surface area contributed by atoms with E-state index < -0.39 is 0 Å². The number of halogens is 1. The molecular weight excluding hydrogens is 398 g/mol. The third-order valence-electron chi connectivity index (χ3n) is 5.58. The molecule has 1 aliphatic carbocycles. The lowest BCUT2D eigenvalue weighted by Gasteiger charge is -2.17. The zero-order valence-electron chi connectivity index (χ0n) is 17.7. The van der Waals surface area contributed by atoms with Crippen molar-refractivity contribution < 1.29 is 9.53 Å². The molecule has 1 saturated carbocycles. The summed E-state index contributed by atoms with van der Waals surface area (Å²) in [5.41, 5.74) is 4.08. The molecule has 1 heterocycles. The Morgan fingerprint density at radius 2 is 1.97 bits per heavy atom. The third-order valence-corrected chi connectivity index (χ3v) is 6.18. The predicted octanol–water partition coefficient (Wildman–Crippen LogP) is 5.36. The summed E-state index contributed by atoms with van der Waals surface area (Å²) in [5, 5.41) is 3.92. The maximum absolute atomic E-state index is 12.2. The summed E-state index contributed by atoms with van der Waals surface area (Å²) < 4.78 is 8.18. The van der Waals surface area contributed by atoms with Gasteiger partial charge in [-0.1, -0.05) is 23.7 Å². The third kappa shape index (κ3) is 4.46. The van der Waals surface area contributed by atoms with E-state index in [2.05, 4.69) is 16.0 Å². The van der Waals surface area contributed by atoms with Gasteiger partial charge in [0.15, 0.2) is 0 Å². The fourth-order valence-electron chi connectivity index (χ4n) is 3.80. The Bertz CT molecular complexity index is 1050. The molecule has 0 bridgehead atoms. The number of ether oxygens (including phenoxy) is 1. The molecule has 30 heavy (non-hydrogen) atoms. The minimum absolute atomic E-state index is 0.131. The van der Waals surface area contributed by atoms with Crippen LogP contribution in [0.25, 0.3) is 11.0 Å². The molecule has 3 aromatic rings. The number of carbonyl (C=O) groups excluding carboxylic acids is 1. The molecule has 1 amide bonds. The lowest BCUT2D eigenvalue weighted by atomic mass is 10.1. The quantitative estimate of drug-likeness (QED) is 0.494. The molecule has 1 aromatic heterocycles. The van der Waals surface area contributed by atoms with Crippen molar-refractivity contribution in [2.24, 2.45) is 5.92 Å². The molecule has 0 aliphatic heterocycles. The number of hydrogen-bond acceptors (Lipinski definition) is 3. The second-order valence-corrected chi connectivity index (χ2v) is 8.57. The number of benzene rings is 2. The van der Waals surface area contributed by atoms with Crippen LogP contribution < -0.4 is 10.1 Å². The molecule has 0 saturated heterocycles. The molecule has 2 aromatic carbocycles. The number of carbonyl (C=O) groups is 1. The van der Waals surface area contributed by atoms with E-state index in [-0.39, 0.29) is 17.9 Å². The van der Waals surface area contributed by atoms with Crippen molar-refractivity contribution in [3.8, 4) is 5.75 Å². The van der Waals surface area contributed by atoms with Crippen molar-refractivity contribution in [1.82, 2.24) is 14.9 Å². The largest absolute Gasteiger partial charge is 0.494 e. The van der Waals surface area contributed by atoms with Gasteiger partial charge in [-0.3, -0.25) is 4.79 Å². The first-order valence-corrected chi connectivity index (χ1v) is 11.0. The highest BCUT2D eigenvalue weighted by molar-refractivity contribution is 6.32. The molecule has 1 atom stereocenters. The van der Waals surface area contributed by atoms with Crippen molar-refractivity contribution >= 4 is 28.5 Å². The SMILES string of the molecule is Cc1cc(OCCCn2c(C(C)NC(=O)C3CC3)nc3ccccc32)cc(C)c1Cl. The number of amides is 1. The van der Waals surface area contributed by atoms with E-state index in [1.165, 1.54) is 0 Å². The summed E-state index contributed by atoms with van der Waals surface area (Å²) in [6, 6.07) is 11.9. The monoisotopic (exact) mass is 425 g/mol. The summed E-state index contributed by atoms with van der Waals surface area (Å²) in [5.74, 6) is 2.06. The molecule has 5 nitrogen and oxygen atoms in total. The Morgan fingerprint density at radius 1 is 1.27 bits per heavy atom. The minimum atomic E-state index is -0.131. The Balaban J connectivity index is 1.45. The van der Waals surface area contributed by atoms with Gasteiger partial charge in [0.25, 0.3) is 0 Å². The van der Waals surface area contributed by atoms with Crippen molar-refractivity contribution in [2.75, 3.05) is 6.61 Å². The van der Waals surface area contributed by atoms with Gasteiger partial charge in [0.1, 0.15) is 11.6 Å². The number of imidazole rings is 1. The first kappa shape index (κ1) is 20.7. The number of nitrogens with zero attached hydrogens (tertiary/aromatic N) is 2. The Kier molecular flexibility index (Phi) is 6.00. The number of aryl methyl sites for hydroxylation is 3. The summed E-state index contributed by atoms with van der Waals surface area (Å²) in [6.07, 6.45) is 2.82. The van der Waals surface area contributed by atoms with Crippen LogP contribution in [0.15, 0.2) is 36.4 Å².